The second-order valence-electron chi connectivity index (χ2n) is 4.67. The molecule has 2 rings (SSSR count). The molecule has 4 nitrogen and oxygen atoms in total. The normalized spacial score (nSPS) is 16.8. The van der Waals surface area contributed by atoms with E-state index in [1.54, 1.807) is 0 Å². The van der Waals surface area contributed by atoms with Crippen LogP contribution in [0.3, 0.4) is 0 Å². The fraction of sp³-hybridized carbons (Fsp3) is 0.500. The number of nitrogens with zero attached hydrogens (tertiary/aromatic N) is 1. The molecular weight excluding hydrogens is 266 g/mol. The number of halogens is 1. The lowest BCUT2D eigenvalue weighted by Crippen LogP contribution is -2.39. The first-order chi connectivity index (χ1) is 8.74. The van der Waals surface area contributed by atoms with Gasteiger partial charge in [-0.05, 0) is 18.4 Å². The van der Waals surface area contributed by atoms with Crippen molar-refractivity contribution in [3.8, 4) is 0 Å². The van der Waals surface area contributed by atoms with Gasteiger partial charge in [0.15, 0.2) is 0 Å². The van der Waals surface area contributed by atoms with Gasteiger partial charge < -0.3 is 9.84 Å². The van der Waals surface area contributed by atoms with E-state index in [-0.39, 0.29) is 25.1 Å². The minimum absolute atomic E-state index is 0. The smallest absolute Gasteiger partial charge is 0.317 e. The Morgan fingerprint density at radius 3 is 2.47 bits per heavy atom. The minimum Gasteiger partial charge on any atom is -0.480 e. The van der Waals surface area contributed by atoms with Gasteiger partial charge in [0.25, 0.3) is 0 Å². The molecule has 1 saturated heterocycles. The zero-order valence-electron chi connectivity index (χ0n) is 10.8. The van der Waals surface area contributed by atoms with Crippen LogP contribution in [0, 0.1) is 0 Å². The van der Waals surface area contributed by atoms with Crippen LogP contribution in [0.4, 0.5) is 0 Å². The predicted octanol–water partition coefficient (Wildman–Crippen LogP) is 2.17. The lowest BCUT2D eigenvalue weighted by molar-refractivity contribution is -0.139. The van der Waals surface area contributed by atoms with Crippen LogP contribution in [-0.2, 0) is 16.1 Å². The van der Waals surface area contributed by atoms with Crippen molar-refractivity contribution in [2.24, 2.45) is 0 Å². The summed E-state index contributed by atoms with van der Waals surface area (Å²) < 4.78 is 5.85. The van der Waals surface area contributed by atoms with Gasteiger partial charge >= 0.3 is 5.97 Å². The van der Waals surface area contributed by atoms with Crippen molar-refractivity contribution in [2.75, 3.05) is 19.6 Å². The summed E-state index contributed by atoms with van der Waals surface area (Å²) in [6.07, 6.45) is 2.09. The van der Waals surface area contributed by atoms with Crippen LogP contribution in [0.25, 0.3) is 0 Å². The first-order valence-electron chi connectivity index (χ1n) is 6.34. The topological polar surface area (TPSA) is 49.8 Å². The molecule has 1 aliphatic heterocycles. The Labute approximate surface area is 119 Å². The Morgan fingerprint density at radius 1 is 1.26 bits per heavy atom. The molecule has 19 heavy (non-hydrogen) atoms. The minimum atomic E-state index is -0.751. The van der Waals surface area contributed by atoms with Crippen molar-refractivity contribution in [3.63, 3.8) is 0 Å². The first kappa shape index (κ1) is 16.0. The number of piperidine rings is 1. The molecule has 1 aliphatic rings. The van der Waals surface area contributed by atoms with Crippen molar-refractivity contribution < 1.29 is 14.6 Å². The highest BCUT2D eigenvalue weighted by molar-refractivity contribution is 5.85. The largest absolute Gasteiger partial charge is 0.480 e. The molecule has 0 radical (unpaired) electrons. The van der Waals surface area contributed by atoms with Gasteiger partial charge in [-0.15, -0.1) is 12.4 Å². The summed E-state index contributed by atoms with van der Waals surface area (Å²) in [5.41, 5.74) is 1.19. The third-order valence-corrected chi connectivity index (χ3v) is 3.22. The number of carboxylic acid groups (broad SMARTS) is 1. The number of hydrogen-bond donors (Lipinski definition) is 1. The van der Waals surface area contributed by atoms with Crippen molar-refractivity contribution in [3.05, 3.63) is 35.9 Å². The molecule has 0 atom stereocenters. The maximum Gasteiger partial charge on any atom is 0.317 e. The third-order valence-electron chi connectivity index (χ3n) is 3.22. The Morgan fingerprint density at radius 2 is 1.89 bits per heavy atom. The monoisotopic (exact) mass is 285 g/mol. The molecule has 1 fully saturated rings. The molecule has 106 valence electrons. The third kappa shape index (κ3) is 5.59. The number of ether oxygens (including phenoxy) is 1. The van der Waals surface area contributed by atoms with E-state index < -0.39 is 5.97 Å². The standard InChI is InChI=1S/C14H19NO3.ClH/c16-14(17)10-15-8-6-13(7-9-15)18-11-12-4-2-1-3-5-12;/h1-5,13H,6-11H2,(H,16,17);1H. The number of likely N-dealkylation sites (tertiary alicyclic amines) is 1. The lowest BCUT2D eigenvalue weighted by Gasteiger charge is -2.30. The van der Waals surface area contributed by atoms with Crippen LogP contribution in [0.2, 0.25) is 0 Å². The quantitative estimate of drug-likeness (QED) is 0.901. The van der Waals surface area contributed by atoms with Gasteiger partial charge in [0.05, 0.1) is 19.3 Å². The number of rotatable bonds is 5. The van der Waals surface area contributed by atoms with E-state index >= 15 is 0 Å². The zero-order valence-corrected chi connectivity index (χ0v) is 11.6. The molecule has 0 unspecified atom stereocenters. The van der Waals surface area contributed by atoms with Crippen LogP contribution >= 0.6 is 12.4 Å². The summed E-state index contributed by atoms with van der Waals surface area (Å²) in [4.78, 5) is 12.5. The average Bonchev–Trinajstić information content (AvgIpc) is 2.38. The Bertz CT molecular complexity index is 378. The Hall–Kier alpha value is -1.10. The SMILES string of the molecule is Cl.O=C(O)CN1CCC(OCc2ccccc2)CC1. The average molecular weight is 286 g/mol. The maximum absolute atomic E-state index is 10.6. The summed E-state index contributed by atoms with van der Waals surface area (Å²) in [5.74, 6) is -0.751. The molecule has 0 spiro atoms. The zero-order chi connectivity index (χ0) is 12.8. The van der Waals surface area contributed by atoms with E-state index in [1.807, 2.05) is 23.1 Å². The molecule has 0 saturated carbocycles. The van der Waals surface area contributed by atoms with E-state index in [4.69, 9.17) is 9.84 Å². The summed E-state index contributed by atoms with van der Waals surface area (Å²) in [6.45, 7) is 2.41. The summed E-state index contributed by atoms with van der Waals surface area (Å²) >= 11 is 0. The highest BCUT2D eigenvalue weighted by Crippen LogP contribution is 2.15. The molecule has 1 N–H and O–H groups in total. The Balaban J connectivity index is 0.00000180. The lowest BCUT2D eigenvalue weighted by atomic mass is 10.1. The van der Waals surface area contributed by atoms with Gasteiger partial charge in [-0.1, -0.05) is 30.3 Å². The van der Waals surface area contributed by atoms with Crippen LogP contribution in [0.15, 0.2) is 30.3 Å². The summed E-state index contributed by atoms with van der Waals surface area (Å²) in [6, 6.07) is 10.1. The van der Waals surface area contributed by atoms with E-state index in [1.165, 1.54) is 5.56 Å². The summed E-state index contributed by atoms with van der Waals surface area (Å²) in [7, 11) is 0. The maximum atomic E-state index is 10.6. The fourth-order valence-corrected chi connectivity index (χ4v) is 2.21. The van der Waals surface area contributed by atoms with E-state index in [0.29, 0.717) is 6.61 Å². The molecule has 1 aromatic rings. The Kier molecular flexibility index (Phi) is 6.84. The van der Waals surface area contributed by atoms with Crippen LogP contribution in [-0.4, -0.2) is 41.7 Å². The van der Waals surface area contributed by atoms with Gasteiger partial charge in [-0.25, -0.2) is 0 Å². The molecule has 1 heterocycles. The van der Waals surface area contributed by atoms with Crippen LogP contribution in [0.5, 0.6) is 0 Å². The predicted molar refractivity (Wildman–Crippen MR) is 75.6 cm³/mol. The first-order valence-corrected chi connectivity index (χ1v) is 6.34. The molecule has 0 bridgehead atoms. The number of aliphatic carboxylic acids is 1. The summed E-state index contributed by atoms with van der Waals surface area (Å²) in [5, 5.41) is 8.71. The van der Waals surface area contributed by atoms with Gasteiger partial charge in [-0.2, -0.15) is 0 Å². The van der Waals surface area contributed by atoms with Gasteiger partial charge in [0, 0.05) is 13.1 Å². The van der Waals surface area contributed by atoms with Gasteiger partial charge in [-0.3, -0.25) is 9.69 Å². The molecule has 0 aliphatic carbocycles. The number of carbonyl (C=O) groups is 1. The van der Waals surface area contributed by atoms with E-state index in [2.05, 4.69) is 12.1 Å². The van der Waals surface area contributed by atoms with Gasteiger partial charge in [0.2, 0.25) is 0 Å². The molecule has 5 heteroatoms. The van der Waals surface area contributed by atoms with Crippen LogP contribution < -0.4 is 0 Å². The second-order valence-corrected chi connectivity index (χ2v) is 4.67. The van der Waals surface area contributed by atoms with E-state index in [0.717, 1.165) is 25.9 Å². The number of benzene rings is 1. The number of hydrogen-bond acceptors (Lipinski definition) is 3. The van der Waals surface area contributed by atoms with Crippen LogP contribution in [0.1, 0.15) is 18.4 Å². The second kappa shape index (κ2) is 8.15. The van der Waals surface area contributed by atoms with Gasteiger partial charge in [0.1, 0.15) is 0 Å². The molecule has 0 amide bonds. The van der Waals surface area contributed by atoms with Crippen molar-refractivity contribution in [1.29, 1.82) is 0 Å². The molecular formula is C14H20ClNO3. The van der Waals surface area contributed by atoms with Crippen molar-refractivity contribution in [2.45, 2.75) is 25.6 Å². The fourth-order valence-electron chi connectivity index (χ4n) is 2.21. The molecule has 0 aromatic heterocycles. The molecule has 1 aromatic carbocycles. The van der Waals surface area contributed by atoms with Crippen molar-refractivity contribution >= 4 is 18.4 Å². The van der Waals surface area contributed by atoms with E-state index in [9.17, 15) is 4.79 Å². The van der Waals surface area contributed by atoms with Crippen molar-refractivity contribution in [1.82, 2.24) is 4.90 Å². The number of carboxylic acids is 1. The highest BCUT2D eigenvalue weighted by atomic mass is 35.5. The highest BCUT2D eigenvalue weighted by Gasteiger charge is 2.20.